The van der Waals surface area contributed by atoms with Crippen LogP contribution in [0.1, 0.15) is 19.4 Å². The van der Waals surface area contributed by atoms with Crippen LogP contribution in [0.3, 0.4) is 0 Å². The third-order valence-electron chi connectivity index (χ3n) is 2.16. The molecular formula is C12H14O4. The number of carboxylic acids is 1. The molecule has 0 aromatic heterocycles. The highest BCUT2D eigenvalue weighted by atomic mass is 16.5. The van der Waals surface area contributed by atoms with Gasteiger partial charge in [0.25, 0.3) is 0 Å². The van der Waals surface area contributed by atoms with Gasteiger partial charge in [-0.05, 0) is 31.5 Å². The minimum Gasteiger partial charge on any atom is -0.483 e. The lowest BCUT2D eigenvalue weighted by molar-refractivity contribution is -0.136. The quantitative estimate of drug-likeness (QED) is 0.823. The smallest absolute Gasteiger partial charge is 0.307 e. The predicted octanol–water partition coefficient (Wildman–Crippen LogP) is 1.67. The van der Waals surface area contributed by atoms with Crippen molar-refractivity contribution in [1.29, 1.82) is 0 Å². The molecule has 0 saturated heterocycles. The molecule has 1 aromatic rings. The van der Waals surface area contributed by atoms with E-state index in [4.69, 9.17) is 9.84 Å². The van der Waals surface area contributed by atoms with Crippen molar-refractivity contribution in [2.24, 2.45) is 0 Å². The van der Waals surface area contributed by atoms with Gasteiger partial charge in [0.15, 0.2) is 11.9 Å². The molecule has 0 saturated carbocycles. The molecule has 16 heavy (non-hydrogen) atoms. The largest absolute Gasteiger partial charge is 0.483 e. The standard InChI is InChI=1S/C12H14O4/c1-8(13)9(2)16-11-5-3-10(4-6-11)7-12(14)15/h3-6,9H,7H2,1-2H3,(H,14,15). The summed E-state index contributed by atoms with van der Waals surface area (Å²) in [6.07, 6.45) is -0.493. The summed E-state index contributed by atoms with van der Waals surface area (Å²) in [4.78, 5) is 21.4. The molecule has 86 valence electrons. The van der Waals surface area contributed by atoms with Crippen LogP contribution in [0.2, 0.25) is 0 Å². The number of carbonyl (C=O) groups is 2. The molecule has 0 aliphatic rings. The molecule has 1 rings (SSSR count). The molecule has 0 spiro atoms. The van der Waals surface area contributed by atoms with Crippen LogP contribution in [-0.4, -0.2) is 23.0 Å². The van der Waals surface area contributed by atoms with Gasteiger partial charge in [-0.3, -0.25) is 9.59 Å². The maximum absolute atomic E-state index is 11.0. The zero-order valence-corrected chi connectivity index (χ0v) is 9.27. The van der Waals surface area contributed by atoms with E-state index in [2.05, 4.69) is 0 Å². The van der Waals surface area contributed by atoms with E-state index < -0.39 is 12.1 Å². The molecule has 0 fully saturated rings. The van der Waals surface area contributed by atoms with E-state index in [9.17, 15) is 9.59 Å². The topological polar surface area (TPSA) is 63.6 Å². The molecule has 0 radical (unpaired) electrons. The van der Waals surface area contributed by atoms with Gasteiger partial charge in [0.05, 0.1) is 6.42 Å². The summed E-state index contributed by atoms with van der Waals surface area (Å²) in [6.45, 7) is 3.14. The fourth-order valence-electron chi connectivity index (χ4n) is 1.15. The van der Waals surface area contributed by atoms with Crippen molar-refractivity contribution in [1.82, 2.24) is 0 Å². The first-order valence-electron chi connectivity index (χ1n) is 4.97. The molecule has 1 unspecified atom stereocenters. The molecule has 1 atom stereocenters. The van der Waals surface area contributed by atoms with Crippen molar-refractivity contribution >= 4 is 11.8 Å². The van der Waals surface area contributed by atoms with Crippen molar-refractivity contribution < 1.29 is 19.4 Å². The number of rotatable bonds is 5. The summed E-state index contributed by atoms with van der Waals surface area (Å²) < 4.78 is 5.34. The van der Waals surface area contributed by atoms with Gasteiger partial charge >= 0.3 is 5.97 Å². The molecular weight excluding hydrogens is 208 g/mol. The maximum Gasteiger partial charge on any atom is 0.307 e. The van der Waals surface area contributed by atoms with Crippen LogP contribution in [0.4, 0.5) is 0 Å². The second kappa shape index (κ2) is 5.30. The van der Waals surface area contributed by atoms with Crippen molar-refractivity contribution in [3.63, 3.8) is 0 Å². The van der Waals surface area contributed by atoms with E-state index in [1.807, 2.05) is 0 Å². The van der Waals surface area contributed by atoms with Crippen LogP contribution >= 0.6 is 0 Å². The fourth-order valence-corrected chi connectivity index (χ4v) is 1.15. The van der Waals surface area contributed by atoms with Crippen molar-refractivity contribution in [3.05, 3.63) is 29.8 Å². The number of carbonyl (C=O) groups excluding carboxylic acids is 1. The van der Waals surface area contributed by atoms with Crippen LogP contribution in [0.25, 0.3) is 0 Å². The number of carboxylic acid groups (broad SMARTS) is 1. The minimum absolute atomic E-state index is 0.0114. The Labute approximate surface area is 93.9 Å². The summed E-state index contributed by atoms with van der Waals surface area (Å²) in [5.74, 6) is -0.350. The zero-order valence-electron chi connectivity index (χ0n) is 9.27. The Kier molecular flexibility index (Phi) is 4.05. The Morgan fingerprint density at radius 2 is 1.88 bits per heavy atom. The third kappa shape index (κ3) is 3.73. The average Bonchev–Trinajstić information content (AvgIpc) is 2.20. The van der Waals surface area contributed by atoms with E-state index in [1.54, 1.807) is 31.2 Å². The van der Waals surface area contributed by atoms with Gasteiger partial charge in [0.2, 0.25) is 0 Å². The number of ether oxygens (including phenoxy) is 1. The number of aliphatic carboxylic acids is 1. The molecule has 0 aliphatic heterocycles. The lowest BCUT2D eigenvalue weighted by Crippen LogP contribution is -2.20. The van der Waals surface area contributed by atoms with Crippen LogP contribution in [0.5, 0.6) is 5.75 Å². The molecule has 0 heterocycles. The van der Waals surface area contributed by atoms with Gasteiger partial charge in [-0.25, -0.2) is 0 Å². The third-order valence-corrected chi connectivity index (χ3v) is 2.16. The highest BCUT2D eigenvalue weighted by Gasteiger charge is 2.09. The normalized spacial score (nSPS) is 11.9. The number of hydrogen-bond acceptors (Lipinski definition) is 3. The van der Waals surface area contributed by atoms with Gasteiger partial charge in [-0.15, -0.1) is 0 Å². The van der Waals surface area contributed by atoms with Crippen LogP contribution in [-0.2, 0) is 16.0 Å². The second-order valence-corrected chi connectivity index (χ2v) is 3.59. The lowest BCUT2D eigenvalue weighted by atomic mass is 10.1. The minimum atomic E-state index is -0.870. The fraction of sp³-hybridized carbons (Fsp3) is 0.333. The maximum atomic E-state index is 11.0. The summed E-state index contributed by atoms with van der Waals surface area (Å²) in [7, 11) is 0. The number of ketones is 1. The monoisotopic (exact) mass is 222 g/mol. The summed E-state index contributed by atoms with van der Waals surface area (Å²) in [5, 5.41) is 8.58. The van der Waals surface area contributed by atoms with Gasteiger partial charge in [-0.2, -0.15) is 0 Å². The second-order valence-electron chi connectivity index (χ2n) is 3.59. The molecule has 0 amide bonds. The molecule has 0 bridgehead atoms. The van der Waals surface area contributed by atoms with Gasteiger partial charge in [0.1, 0.15) is 5.75 Å². The Morgan fingerprint density at radius 3 is 2.31 bits per heavy atom. The van der Waals surface area contributed by atoms with Gasteiger partial charge < -0.3 is 9.84 Å². The van der Waals surface area contributed by atoms with Gasteiger partial charge in [0, 0.05) is 0 Å². The van der Waals surface area contributed by atoms with E-state index in [-0.39, 0.29) is 12.2 Å². The number of hydrogen-bond donors (Lipinski definition) is 1. The molecule has 1 N–H and O–H groups in total. The first-order valence-corrected chi connectivity index (χ1v) is 4.97. The Hall–Kier alpha value is -1.84. The predicted molar refractivity (Wildman–Crippen MR) is 58.6 cm³/mol. The molecule has 4 heteroatoms. The highest BCUT2D eigenvalue weighted by Crippen LogP contribution is 2.14. The molecule has 4 nitrogen and oxygen atoms in total. The van der Waals surface area contributed by atoms with E-state index in [0.717, 1.165) is 0 Å². The molecule has 1 aromatic carbocycles. The number of benzene rings is 1. The highest BCUT2D eigenvalue weighted by molar-refractivity contribution is 5.80. The molecule has 0 aliphatic carbocycles. The van der Waals surface area contributed by atoms with E-state index in [1.165, 1.54) is 6.92 Å². The number of Topliss-reactive ketones (excluding diaryl/α,β-unsaturated/α-hetero) is 1. The van der Waals surface area contributed by atoms with Crippen LogP contribution < -0.4 is 4.74 Å². The summed E-state index contributed by atoms with van der Waals surface area (Å²) in [6, 6.07) is 6.68. The first-order chi connectivity index (χ1) is 7.49. The Balaban J connectivity index is 2.64. The van der Waals surface area contributed by atoms with Crippen LogP contribution in [0, 0.1) is 0 Å². The van der Waals surface area contributed by atoms with E-state index >= 15 is 0 Å². The van der Waals surface area contributed by atoms with Crippen LogP contribution in [0.15, 0.2) is 24.3 Å². The first kappa shape index (κ1) is 12.2. The van der Waals surface area contributed by atoms with E-state index in [0.29, 0.717) is 11.3 Å². The SMILES string of the molecule is CC(=O)C(C)Oc1ccc(CC(=O)O)cc1. The summed E-state index contributed by atoms with van der Waals surface area (Å²) >= 11 is 0. The van der Waals surface area contributed by atoms with Gasteiger partial charge in [-0.1, -0.05) is 12.1 Å². The van der Waals surface area contributed by atoms with Crippen molar-refractivity contribution in [2.45, 2.75) is 26.4 Å². The zero-order chi connectivity index (χ0) is 12.1. The Bertz CT molecular complexity index is 381. The average molecular weight is 222 g/mol. The summed E-state index contributed by atoms with van der Waals surface area (Å²) in [5.41, 5.74) is 0.704. The lowest BCUT2D eigenvalue weighted by Gasteiger charge is -2.11. The van der Waals surface area contributed by atoms with Crippen molar-refractivity contribution in [2.75, 3.05) is 0 Å². The Morgan fingerprint density at radius 1 is 1.31 bits per heavy atom. The van der Waals surface area contributed by atoms with Crippen molar-refractivity contribution in [3.8, 4) is 5.75 Å².